The molecule has 0 heterocycles. The molecule has 1 aromatic rings. The standard InChI is InChI=1S/C15H15ClS.3CH4.Sn/c1-12-7-9-13(10-8-12)15(16)11-17-14-5-3-2-4-6-14;;;;/h2-10,13,15H,1,11H2;3*1H4;. The van der Waals surface area contributed by atoms with Crippen LogP contribution in [0.1, 0.15) is 22.3 Å². The van der Waals surface area contributed by atoms with Gasteiger partial charge in [0.15, 0.2) is 0 Å². The van der Waals surface area contributed by atoms with Crippen LogP contribution in [0.25, 0.3) is 0 Å². The zero-order chi connectivity index (χ0) is 12.1. The third-order valence-electron chi connectivity index (χ3n) is 2.64. The molecule has 0 saturated heterocycles. The van der Waals surface area contributed by atoms with Gasteiger partial charge in [-0.2, -0.15) is 0 Å². The molecule has 0 aromatic heterocycles. The Bertz CT molecular complexity index is 424. The van der Waals surface area contributed by atoms with E-state index in [9.17, 15) is 0 Å². The molecule has 1 aromatic carbocycles. The van der Waals surface area contributed by atoms with Crippen molar-refractivity contribution in [3.05, 3.63) is 66.8 Å². The van der Waals surface area contributed by atoms with Gasteiger partial charge in [-0.15, -0.1) is 23.4 Å². The second kappa shape index (κ2) is 13.5. The summed E-state index contributed by atoms with van der Waals surface area (Å²) in [6, 6.07) is 10.4. The normalized spacial score (nSPS) is 14.0. The van der Waals surface area contributed by atoms with E-state index in [2.05, 4.69) is 43.0 Å². The first-order valence-electron chi connectivity index (χ1n) is 5.63. The minimum Gasteiger partial charge on any atom is -0.125 e. The molecule has 1 aliphatic rings. The molecule has 21 heavy (non-hydrogen) atoms. The van der Waals surface area contributed by atoms with E-state index in [1.165, 1.54) is 4.90 Å². The molecule has 0 spiro atoms. The van der Waals surface area contributed by atoms with Crippen LogP contribution >= 0.6 is 23.4 Å². The number of benzene rings is 1. The SMILES string of the molecule is C.C.C.C=C1C=CC(C(Cl)CSc2ccccc2)C=C1.[Sn]. The van der Waals surface area contributed by atoms with Crippen molar-refractivity contribution in [2.24, 2.45) is 5.92 Å². The van der Waals surface area contributed by atoms with Crippen molar-refractivity contribution in [2.45, 2.75) is 32.6 Å². The fourth-order valence-electron chi connectivity index (χ4n) is 1.63. The van der Waals surface area contributed by atoms with Crippen LogP contribution in [0.2, 0.25) is 0 Å². The average Bonchev–Trinajstić information content (AvgIpc) is 2.38. The first kappa shape index (κ1) is 25.8. The van der Waals surface area contributed by atoms with E-state index < -0.39 is 0 Å². The van der Waals surface area contributed by atoms with E-state index in [1.807, 2.05) is 18.2 Å². The number of halogens is 1. The molecule has 4 radical (unpaired) electrons. The van der Waals surface area contributed by atoms with Gasteiger partial charge in [-0.3, -0.25) is 0 Å². The second-order valence-corrected chi connectivity index (χ2v) is 5.66. The number of rotatable bonds is 4. The van der Waals surface area contributed by atoms with Gasteiger partial charge in [0.2, 0.25) is 0 Å². The average molecular weight is 430 g/mol. The third-order valence-corrected chi connectivity index (χ3v) is 4.39. The Morgan fingerprint density at radius 2 is 1.57 bits per heavy atom. The molecular formula is C18H27ClSSn. The van der Waals surface area contributed by atoms with E-state index in [4.69, 9.17) is 11.6 Å². The molecule has 2 rings (SSSR count). The predicted molar refractivity (Wildman–Crippen MR) is 104 cm³/mol. The van der Waals surface area contributed by atoms with Crippen molar-refractivity contribution >= 4 is 47.3 Å². The van der Waals surface area contributed by atoms with Crippen LogP contribution in [0.15, 0.2) is 71.7 Å². The van der Waals surface area contributed by atoms with Crippen molar-refractivity contribution in [3.8, 4) is 0 Å². The van der Waals surface area contributed by atoms with Crippen molar-refractivity contribution in [2.75, 3.05) is 5.75 Å². The number of hydrogen-bond donors (Lipinski definition) is 0. The molecule has 1 unspecified atom stereocenters. The quantitative estimate of drug-likeness (QED) is 0.311. The van der Waals surface area contributed by atoms with E-state index in [0.29, 0.717) is 5.92 Å². The van der Waals surface area contributed by atoms with Crippen molar-refractivity contribution < 1.29 is 0 Å². The smallest absolute Gasteiger partial charge is 0.0527 e. The van der Waals surface area contributed by atoms with Crippen LogP contribution in [0.3, 0.4) is 0 Å². The molecule has 116 valence electrons. The first-order chi connectivity index (χ1) is 8.25. The minimum atomic E-state index is 0. The topological polar surface area (TPSA) is 0 Å². The summed E-state index contributed by atoms with van der Waals surface area (Å²) >= 11 is 8.21. The maximum Gasteiger partial charge on any atom is 0.0527 e. The van der Waals surface area contributed by atoms with Gasteiger partial charge in [0.1, 0.15) is 0 Å². The van der Waals surface area contributed by atoms with E-state index in [0.717, 1.165) is 11.3 Å². The number of thioether (sulfide) groups is 1. The minimum absolute atomic E-state index is 0. The zero-order valence-corrected chi connectivity index (χ0v) is 14.5. The first-order valence-corrected chi connectivity index (χ1v) is 7.05. The van der Waals surface area contributed by atoms with Crippen LogP contribution in [-0.2, 0) is 0 Å². The number of alkyl halides is 1. The Labute approximate surface area is 157 Å². The molecule has 0 fully saturated rings. The summed E-state index contributed by atoms with van der Waals surface area (Å²) in [7, 11) is 0. The summed E-state index contributed by atoms with van der Waals surface area (Å²) in [4.78, 5) is 1.27. The largest absolute Gasteiger partial charge is 0.125 e. The van der Waals surface area contributed by atoms with Crippen LogP contribution in [-0.4, -0.2) is 35.0 Å². The maximum absolute atomic E-state index is 6.40. The van der Waals surface area contributed by atoms with Crippen LogP contribution in [0.5, 0.6) is 0 Å². The van der Waals surface area contributed by atoms with E-state index in [-0.39, 0.29) is 51.6 Å². The summed E-state index contributed by atoms with van der Waals surface area (Å²) in [6.45, 7) is 3.88. The van der Waals surface area contributed by atoms with Crippen LogP contribution in [0, 0.1) is 5.92 Å². The Morgan fingerprint density at radius 1 is 1.05 bits per heavy atom. The van der Waals surface area contributed by atoms with E-state index in [1.54, 1.807) is 11.8 Å². The molecule has 3 heteroatoms. The molecule has 0 amide bonds. The fourth-order valence-corrected chi connectivity index (χ4v) is 2.91. The molecule has 1 atom stereocenters. The van der Waals surface area contributed by atoms with Gasteiger partial charge in [0.05, 0.1) is 5.38 Å². The van der Waals surface area contributed by atoms with Gasteiger partial charge in [0.25, 0.3) is 0 Å². The molecule has 0 bridgehead atoms. The fraction of sp³-hybridized carbons (Fsp3) is 0.333. The Kier molecular flexibility index (Phi) is 16.6. The summed E-state index contributed by atoms with van der Waals surface area (Å²) < 4.78 is 0. The zero-order valence-electron chi connectivity index (χ0n) is 10.1. The molecule has 1 aliphatic carbocycles. The summed E-state index contributed by atoms with van der Waals surface area (Å²) in [5.74, 6) is 1.23. The van der Waals surface area contributed by atoms with Gasteiger partial charge in [-0.1, -0.05) is 71.4 Å². The summed E-state index contributed by atoms with van der Waals surface area (Å²) in [6.07, 6.45) is 8.33. The van der Waals surface area contributed by atoms with Gasteiger partial charge in [-0.05, 0) is 17.7 Å². The Morgan fingerprint density at radius 3 is 2.10 bits per heavy atom. The van der Waals surface area contributed by atoms with Crippen molar-refractivity contribution in [3.63, 3.8) is 0 Å². The molecular weight excluding hydrogens is 402 g/mol. The van der Waals surface area contributed by atoms with E-state index >= 15 is 0 Å². The van der Waals surface area contributed by atoms with Crippen LogP contribution < -0.4 is 0 Å². The number of allylic oxidation sites excluding steroid dienone is 5. The van der Waals surface area contributed by atoms with Gasteiger partial charge in [0, 0.05) is 40.5 Å². The van der Waals surface area contributed by atoms with Gasteiger partial charge >= 0.3 is 0 Å². The van der Waals surface area contributed by atoms with Gasteiger partial charge in [-0.25, -0.2) is 0 Å². The van der Waals surface area contributed by atoms with Gasteiger partial charge < -0.3 is 0 Å². The second-order valence-electron chi connectivity index (χ2n) is 4.01. The molecule has 0 N–H and O–H groups in total. The van der Waals surface area contributed by atoms with Crippen LogP contribution in [0.4, 0.5) is 0 Å². The third kappa shape index (κ3) is 8.80. The summed E-state index contributed by atoms with van der Waals surface area (Å²) in [5.41, 5.74) is 1.04. The molecule has 0 nitrogen and oxygen atoms in total. The van der Waals surface area contributed by atoms with Crippen molar-refractivity contribution in [1.29, 1.82) is 0 Å². The molecule has 0 saturated carbocycles. The monoisotopic (exact) mass is 430 g/mol. The Balaban J connectivity index is -0.000000810. The summed E-state index contributed by atoms with van der Waals surface area (Å²) in [5, 5.41) is 0.126. The molecule has 0 aliphatic heterocycles. The Hall–Kier alpha value is -0.121. The number of hydrogen-bond acceptors (Lipinski definition) is 1. The predicted octanol–water partition coefficient (Wildman–Crippen LogP) is 6.21. The maximum atomic E-state index is 6.40. The van der Waals surface area contributed by atoms with Crippen molar-refractivity contribution in [1.82, 2.24) is 0 Å².